The summed E-state index contributed by atoms with van der Waals surface area (Å²) in [5, 5.41) is 4.00. The average molecular weight is 373 g/mol. The van der Waals surface area contributed by atoms with E-state index in [1.807, 2.05) is 67.2 Å². The molecule has 3 rings (SSSR count). The van der Waals surface area contributed by atoms with E-state index in [-0.39, 0.29) is 5.91 Å². The lowest BCUT2D eigenvalue weighted by Crippen LogP contribution is -2.30. The third-order valence-corrected chi connectivity index (χ3v) is 5.81. The van der Waals surface area contributed by atoms with Gasteiger partial charge in [-0.3, -0.25) is 4.79 Å². The van der Waals surface area contributed by atoms with Gasteiger partial charge in [0.2, 0.25) is 5.91 Å². The number of nitrogens with zero attached hydrogens (tertiary/aromatic N) is 1. The van der Waals surface area contributed by atoms with Crippen LogP contribution < -0.4 is 10.2 Å². The molecule has 0 aromatic heterocycles. The van der Waals surface area contributed by atoms with Crippen LogP contribution in [0.5, 0.6) is 5.75 Å². The highest BCUT2D eigenvalue weighted by molar-refractivity contribution is 8.00. The Morgan fingerprint density at radius 1 is 1.24 bits per heavy atom. The minimum Gasteiger partial charge on any atom is -0.489 e. The van der Waals surface area contributed by atoms with Crippen molar-refractivity contribution in [2.75, 3.05) is 17.3 Å². The van der Waals surface area contributed by atoms with Crippen LogP contribution >= 0.6 is 23.5 Å². The Kier molecular flexibility index (Phi) is 6.42. The van der Waals surface area contributed by atoms with Gasteiger partial charge in [0.1, 0.15) is 11.9 Å². The predicted octanol–water partition coefficient (Wildman–Crippen LogP) is 3.73. The third kappa shape index (κ3) is 5.83. The van der Waals surface area contributed by atoms with Crippen molar-refractivity contribution < 1.29 is 9.53 Å². The van der Waals surface area contributed by atoms with Crippen LogP contribution in [0.15, 0.2) is 58.5 Å². The largest absolute Gasteiger partial charge is 0.489 e. The summed E-state index contributed by atoms with van der Waals surface area (Å²) in [5.74, 6) is 3.23. The molecule has 0 spiro atoms. The fourth-order valence-corrected chi connectivity index (χ4v) is 3.36. The van der Waals surface area contributed by atoms with Crippen LogP contribution in [0.3, 0.4) is 0 Å². The first-order chi connectivity index (χ1) is 12.2. The minimum atomic E-state index is -0.121. The van der Waals surface area contributed by atoms with Crippen LogP contribution in [0.2, 0.25) is 0 Å². The van der Waals surface area contributed by atoms with Gasteiger partial charge >= 0.3 is 0 Å². The van der Waals surface area contributed by atoms with E-state index in [0.29, 0.717) is 11.9 Å². The second-order valence-electron chi connectivity index (χ2n) is 5.74. The predicted molar refractivity (Wildman–Crippen MR) is 106 cm³/mol. The van der Waals surface area contributed by atoms with E-state index in [1.54, 1.807) is 6.21 Å². The molecule has 0 saturated carbocycles. The van der Waals surface area contributed by atoms with E-state index in [4.69, 9.17) is 4.74 Å². The van der Waals surface area contributed by atoms with Gasteiger partial charge in [-0.25, -0.2) is 5.43 Å². The van der Waals surface area contributed by atoms with Crippen molar-refractivity contribution in [3.8, 4) is 5.75 Å². The Morgan fingerprint density at radius 3 is 2.60 bits per heavy atom. The van der Waals surface area contributed by atoms with Crippen LogP contribution in [0, 0.1) is 6.92 Å². The van der Waals surface area contributed by atoms with Crippen molar-refractivity contribution in [1.29, 1.82) is 0 Å². The molecule has 1 aliphatic rings. The van der Waals surface area contributed by atoms with Crippen LogP contribution in [-0.4, -0.2) is 35.5 Å². The number of nitrogens with one attached hydrogen (secondary N) is 1. The highest BCUT2D eigenvalue weighted by atomic mass is 32.2. The maximum Gasteiger partial charge on any atom is 0.250 e. The molecule has 1 amide bonds. The topological polar surface area (TPSA) is 50.7 Å². The van der Waals surface area contributed by atoms with Crippen molar-refractivity contribution in [2.45, 2.75) is 17.9 Å². The molecule has 1 aliphatic heterocycles. The zero-order chi connectivity index (χ0) is 17.5. The molecule has 4 nitrogen and oxygen atoms in total. The minimum absolute atomic E-state index is 0.121. The molecule has 0 aliphatic carbocycles. The summed E-state index contributed by atoms with van der Waals surface area (Å²) >= 11 is 3.39. The second kappa shape index (κ2) is 8.97. The van der Waals surface area contributed by atoms with E-state index in [9.17, 15) is 4.79 Å². The Bertz CT molecular complexity index is 726. The first-order valence-corrected chi connectivity index (χ1v) is 10.2. The van der Waals surface area contributed by atoms with Crippen molar-refractivity contribution in [3.05, 3.63) is 59.7 Å². The standard InChI is InChI=1S/C19H20N2O2S2/c1-14-2-8-18(9-3-14)25-13-19(22)21-20-10-15-4-6-16(7-5-15)23-17-11-24-12-17/h2-10,17H,11-13H2,1H3,(H,21,22)/b20-10-. The van der Waals surface area contributed by atoms with E-state index in [1.165, 1.54) is 17.3 Å². The van der Waals surface area contributed by atoms with Gasteiger partial charge in [0.15, 0.2) is 0 Å². The zero-order valence-electron chi connectivity index (χ0n) is 14.0. The van der Waals surface area contributed by atoms with Crippen molar-refractivity contribution in [2.24, 2.45) is 5.10 Å². The van der Waals surface area contributed by atoms with Crippen molar-refractivity contribution >= 4 is 35.6 Å². The molecular formula is C19H20N2O2S2. The first-order valence-electron chi connectivity index (χ1n) is 8.05. The Labute approximate surface area is 156 Å². The molecule has 25 heavy (non-hydrogen) atoms. The Hall–Kier alpha value is -1.92. The number of ether oxygens (including phenoxy) is 1. The highest BCUT2D eigenvalue weighted by Crippen LogP contribution is 2.23. The molecule has 1 heterocycles. The third-order valence-electron chi connectivity index (χ3n) is 3.58. The van der Waals surface area contributed by atoms with Crippen LogP contribution in [-0.2, 0) is 4.79 Å². The molecule has 0 radical (unpaired) electrons. The molecule has 1 fully saturated rings. The molecule has 0 bridgehead atoms. The number of rotatable bonds is 7. The number of benzene rings is 2. The number of carbonyl (C=O) groups excluding carboxylic acids is 1. The number of hydrogen-bond donors (Lipinski definition) is 1. The first kappa shape index (κ1) is 17.9. The monoisotopic (exact) mass is 372 g/mol. The number of thioether (sulfide) groups is 2. The molecule has 2 aromatic carbocycles. The van der Waals surface area contributed by atoms with Gasteiger partial charge in [0.25, 0.3) is 0 Å². The summed E-state index contributed by atoms with van der Waals surface area (Å²) in [4.78, 5) is 12.9. The molecule has 0 unspecified atom stereocenters. The van der Waals surface area contributed by atoms with E-state index < -0.39 is 0 Å². The smallest absolute Gasteiger partial charge is 0.250 e. The van der Waals surface area contributed by atoms with Crippen LogP contribution in [0.4, 0.5) is 0 Å². The maximum atomic E-state index is 11.8. The molecule has 2 aromatic rings. The van der Waals surface area contributed by atoms with Crippen LogP contribution in [0.25, 0.3) is 0 Å². The highest BCUT2D eigenvalue weighted by Gasteiger charge is 2.19. The van der Waals surface area contributed by atoms with E-state index in [0.717, 1.165) is 27.7 Å². The van der Waals surface area contributed by atoms with E-state index >= 15 is 0 Å². The van der Waals surface area contributed by atoms with Crippen molar-refractivity contribution in [1.82, 2.24) is 5.43 Å². The average Bonchev–Trinajstić information content (AvgIpc) is 2.59. The van der Waals surface area contributed by atoms with Crippen LogP contribution in [0.1, 0.15) is 11.1 Å². The lowest BCUT2D eigenvalue weighted by molar-refractivity contribution is -0.118. The van der Waals surface area contributed by atoms with Crippen molar-refractivity contribution in [3.63, 3.8) is 0 Å². The SMILES string of the molecule is Cc1ccc(SCC(=O)N/N=C\c2ccc(OC3CSC3)cc2)cc1. The number of aryl methyl sites for hydroxylation is 1. The van der Waals surface area contributed by atoms with Gasteiger partial charge in [-0.05, 0) is 48.9 Å². The summed E-state index contributed by atoms with van der Waals surface area (Å²) in [6.07, 6.45) is 1.98. The summed E-state index contributed by atoms with van der Waals surface area (Å²) in [5.41, 5.74) is 4.68. The van der Waals surface area contributed by atoms with Gasteiger partial charge in [-0.15, -0.1) is 11.8 Å². The molecule has 130 valence electrons. The lowest BCUT2D eigenvalue weighted by atomic mass is 10.2. The fourth-order valence-electron chi connectivity index (χ4n) is 2.10. The number of hydrazone groups is 1. The summed E-state index contributed by atoms with van der Waals surface area (Å²) < 4.78 is 5.79. The maximum absolute atomic E-state index is 11.8. The molecule has 0 atom stereocenters. The normalized spacial score (nSPS) is 14.3. The molecular weight excluding hydrogens is 352 g/mol. The number of hydrogen-bond acceptors (Lipinski definition) is 5. The summed E-state index contributed by atoms with van der Waals surface area (Å²) in [6.45, 7) is 2.04. The lowest BCUT2D eigenvalue weighted by Gasteiger charge is -2.25. The van der Waals surface area contributed by atoms with Gasteiger partial charge in [0.05, 0.1) is 12.0 Å². The molecule has 6 heteroatoms. The number of carbonyl (C=O) groups is 1. The second-order valence-corrected chi connectivity index (χ2v) is 7.86. The summed E-state index contributed by atoms with van der Waals surface area (Å²) in [6, 6.07) is 15.8. The summed E-state index contributed by atoms with van der Waals surface area (Å²) in [7, 11) is 0. The zero-order valence-corrected chi connectivity index (χ0v) is 15.6. The molecule has 1 saturated heterocycles. The Balaban J connectivity index is 1.40. The van der Waals surface area contributed by atoms with E-state index in [2.05, 4.69) is 10.5 Å². The van der Waals surface area contributed by atoms with Gasteiger partial charge in [-0.1, -0.05) is 17.7 Å². The Morgan fingerprint density at radius 2 is 1.96 bits per heavy atom. The molecule has 1 N–H and O–H groups in total. The fraction of sp³-hybridized carbons (Fsp3) is 0.263. The van der Waals surface area contributed by atoms with Gasteiger partial charge in [0, 0.05) is 16.4 Å². The van der Waals surface area contributed by atoms with Gasteiger partial charge < -0.3 is 4.74 Å². The van der Waals surface area contributed by atoms with Gasteiger partial charge in [-0.2, -0.15) is 16.9 Å². The quantitative estimate of drug-likeness (QED) is 0.457. The number of amides is 1.